The van der Waals surface area contributed by atoms with Crippen molar-refractivity contribution in [2.45, 2.75) is 6.92 Å². The molecule has 9 nitrogen and oxygen atoms in total. The summed E-state index contributed by atoms with van der Waals surface area (Å²) in [4.78, 5) is 23.0. The van der Waals surface area contributed by atoms with Gasteiger partial charge in [0.15, 0.2) is 0 Å². The average molecular weight is 387 g/mol. The number of benzene rings is 1. The molecule has 0 saturated heterocycles. The molecule has 27 heavy (non-hydrogen) atoms. The Morgan fingerprint density at radius 2 is 1.78 bits per heavy atom. The topological polar surface area (TPSA) is 115 Å². The van der Waals surface area contributed by atoms with Gasteiger partial charge in [0.1, 0.15) is 17.9 Å². The lowest BCUT2D eigenvalue weighted by Gasteiger charge is -2.10. The van der Waals surface area contributed by atoms with Crippen LogP contribution in [-0.4, -0.2) is 26.5 Å². The van der Waals surface area contributed by atoms with Crippen molar-refractivity contribution in [1.82, 2.24) is 15.0 Å². The molecule has 0 bridgehead atoms. The number of ether oxygens (including phenoxy) is 1. The third-order valence-corrected chi connectivity index (χ3v) is 3.63. The number of hydrogen-bond donors (Lipinski definition) is 2. The van der Waals surface area contributed by atoms with Crippen LogP contribution in [0.25, 0.3) is 0 Å². The van der Waals surface area contributed by atoms with E-state index in [2.05, 4.69) is 25.6 Å². The summed E-state index contributed by atoms with van der Waals surface area (Å²) in [6.07, 6.45) is 2.65. The second kappa shape index (κ2) is 8.28. The van der Waals surface area contributed by atoms with Gasteiger partial charge >= 0.3 is 5.69 Å². The zero-order valence-corrected chi connectivity index (χ0v) is 15.0. The van der Waals surface area contributed by atoms with E-state index in [0.29, 0.717) is 28.9 Å². The van der Waals surface area contributed by atoms with Crippen LogP contribution in [0.2, 0.25) is 5.02 Å². The number of rotatable bonds is 7. The fourth-order valence-electron chi connectivity index (χ4n) is 2.24. The van der Waals surface area contributed by atoms with Crippen LogP contribution in [0.15, 0.2) is 48.9 Å². The van der Waals surface area contributed by atoms with E-state index in [-0.39, 0.29) is 17.3 Å². The number of hydrogen-bond acceptors (Lipinski definition) is 8. The SMILES string of the molecule is CCOc1ccc(Nc2ncnc(Nc3ccc(Cl)cn3)c2[N+](=O)[O-])cc1. The molecule has 3 rings (SSSR count). The minimum atomic E-state index is -0.560. The van der Waals surface area contributed by atoms with E-state index >= 15 is 0 Å². The van der Waals surface area contributed by atoms with Crippen LogP contribution in [0.5, 0.6) is 5.75 Å². The first-order valence-electron chi connectivity index (χ1n) is 7.94. The van der Waals surface area contributed by atoms with Gasteiger partial charge in [0.25, 0.3) is 0 Å². The van der Waals surface area contributed by atoms with Gasteiger partial charge in [0.2, 0.25) is 11.6 Å². The van der Waals surface area contributed by atoms with Crippen LogP contribution in [0.3, 0.4) is 0 Å². The second-order valence-electron chi connectivity index (χ2n) is 5.25. The van der Waals surface area contributed by atoms with Gasteiger partial charge in [-0.2, -0.15) is 0 Å². The average Bonchev–Trinajstić information content (AvgIpc) is 2.65. The number of nitro groups is 1. The molecule has 0 amide bonds. The highest BCUT2D eigenvalue weighted by Gasteiger charge is 2.23. The smallest absolute Gasteiger partial charge is 0.353 e. The maximum Gasteiger partial charge on any atom is 0.353 e. The summed E-state index contributed by atoms with van der Waals surface area (Å²) in [6, 6.07) is 10.2. The predicted octanol–water partition coefficient (Wildman–Crippen LogP) is 4.32. The Hall–Kier alpha value is -3.46. The Balaban J connectivity index is 1.88. The van der Waals surface area contributed by atoms with Gasteiger partial charge in [-0.05, 0) is 43.3 Å². The minimum absolute atomic E-state index is 0.0123. The lowest BCUT2D eigenvalue weighted by Crippen LogP contribution is -2.06. The molecule has 0 aliphatic heterocycles. The molecule has 3 aromatic rings. The van der Waals surface area contributed by atoms with Crippen LogP contribution in [0.1, 0.15) is 6.92 Å². The lowest BCUT2D eigenvalue weighted by molar-refractivity contribution is -0.383. The van der Waals surface area contributed by atoms with Crippen molar-refractivity contribution in [2.75, 3.05) is 17.2 Å². The van der Waals surface area contributed by atoms with E-state index < -0.39 is 4.92 Å². The van der Waals surface area contributed by atoms with Crippen molar-refractivity contribution in [2.24, 2.45) is 0 Å². The number of nitrogens with one attached hydrogen (secondary N) is 2. The molecule has 0 aliphatic rings. The molecular formula is C17H15ClN6O3. The highest BCUT2D eigenvalue weighted by atomic mass is 35.5. The van der Waals surface area contributed by atoms with Gasteiger partial charge in [-0.25, -0.2) is 15.0 Å². The zero-order valence-electron chi connectivity index (χ0n) is 14.2. The minimum Gasteiger partial charge on any atom is -0.494 e. The Morgan fingerprint density at radius 3 is 2.37 bits per heavy atom. The molecular weight excluding hydrogens is 372 g/mol. The highest BCUT2D eigenvalue weighted by molar-refractivity contribution is 6.30. The Kier molecular flexibility index (Phi) is 5.62. The number of pyridine rings is 1. The molecule has 0 unspecified atom stereocenters. The molecule has 0 radical (unpaired) electrons. The van der Waals surface area contributed by atoms with E-state index in [4.69, 9.17) is 16.3 Å². The van der Waals surface area contributed by atoms with E-state index in [1.165, 1.54) is 12.5 Å². The Morgan fingerprint density at radius 1 is 1.07 bits per heavy atom. The van der Waals surface area contributed by atoms with E-state index in [1.54, 1.807) is 36.4 Å². The quantitative estimate of drug-likeness (QED) is 0.455. The van der Waals surface area contributed by atoms with Crippen molar-refractivity contribution in [1.29, 1.82) is 0 Å². The van der Waals surface area contributed by atoms with E-state index in [0.717, 1.165) is 0 Å². The van der Waals surface area contributed by atoms with Crippen LogP contribution in [-0.2, 0) is 0 Å². The predicted molar refractivity (Wildman–Crippen MR) is 102 cm³/mol. The van der Waals surface area contributed by atoms with Crippen LogP contribution in [0, 0.1) is 10.1 Å². The van der Waals surface area contributed by atoms with Gasteiger partial charge in [0.05, 0.1) is 16.6 Å². The fraction of sp³-hybridized carbons (Fsp3) is 0.118. The molecule has 1 aromatic carbocycles. The molecule has 10 heteroatoms. The first kappa shape index (κ1) is 18.3. The maximum atomic E-state index is 11.6. The van der Waals surface area contributed by atoms with Crippen LogP contribution >= 0.6 is 11.6 Å². The largest absolute Gasteiger partial charge is 0.494 e. The number of aromatic nitrogens is 3. The summed E-state index contributed by atoms with van der Waals surface area (Å²) in [7, 11) is 0. The first-order chi connectivity index (χ1) is 13.1. The van der Waals surface area contributed by atoms with E-state index in [9.17, 15) is 10.1 Å². The molecule has 138 valence electrons. The third-order valence-electron chi connectivity index (χ3n) is 3.41. The molecule has 0 atom stereocenters. The Bertz CT molecular complexity index is 934. The molecule has 0 saturated carbocycles. The summed E-state index contributed by atoms with van der Waals surface area (Å²) >= 11 is 5.80. The van der Waals surface area contributed by atoms with Gasteiger partial charge in [-0.15, -0.1) is 0 Å². The van der Waals surface area contributed by atoms with Crippen molar-refractivity contribution in [3.63, 3.8) is 0 Å². The number of halogens is 1. The first-order valence-corrected chi connectivity index (χ1v) is 8.32. The van der Waals surface area contributed by atoms with Gasteiger partial charge < -0.3 is 15.4 Å². The lowest BCUT2D eigenvalue weighted by atomic mass is 10.3. The summed E-state index contributed by atoms with van der Waals surface area (Å²) in [5.41, 5.74) is 0.318. The van der Waals surface area contributed by atoms with E-state index in [1.807, 2.05) is 6.92 Å². The van der Waals surface area contributed by atoms with Crippen molar-refractivity contribution in [3.05, 3.63) is 64.1 Å². The zero-order chi connectivity index (χ0) is 19.2. The number of anilines is 4. The van der Waals surface area contributed by atoms with Gasteiger partial charge in [-0.1, -0.05) is 11.6 Å². The normalized spacial score (nSPS) is 10.3. The fourth-order valence-corrected chi connectivity index (χ4v) is 2.36. The molecule has 2 aromatic heterocycles. The molecule has 2 heterocycles. The van der Waals surface area contributed by atoms with Crippen molar-refractivity contribution >= 4 is 40.4 Å². The molecule has 0 aliphatic carbocycles. The summed E-state index contributed by atoms with van der Waals surface area (Å²) in [5, 5.41) is 17.8. The van der Waals surface area contributed by atoms with Crippen LogP contribution < -0.4 is 15.4 Å². The Labute approximate surface area is 159 Å². The molecule has 2 N–H and O–H groups in total. The third kappa shape index (κ3) is 4.59. The van der Waals surface area contributed by atoms with Crippen molar-refractivity contribution < 1.29 is 9.66 Å². The summed E-state index contributed by atoms with van der Waals surface area (Å²) < 4.78 is 5.38. The summed E-state index contributed by atoms with van der Waals surface area (Å²) in [5.74, 6) is 1.14. The number of nitrogens with zero attached hydrogens (tertiary/aromatic N) is 4. The van der Waals surface area contributed by atoms with Gasteiger partial charge in [0, 0.05) is 11.9 Å². The monoisotopic (exact) mass is 386 g/mol. The highest BCUT2D eigenvalue weighted by Crippen LogP contribution is 2.33. The molecule has 0 fully saturated rings. The second-order valence-corrected chi connectivity index (χ2v) is 5.68. The van der Waals surface area contributed by atoms with Crippen molar-refractivity contribution in [3.8, 4) is 5.75 Å². The molecule has 0 spiro atoms. The summed E-state index contributed by atoms with van der Waals surface area (Å²) in [6.45, 7) is 2.44. The van der Waals surface area contributed by atoms with Gasteiger partial charge in [-0.3, -0.25) is 10.1 Å². The maximum absolute atomic E-state index is 11.6. The van der Waals surface area contributed by atoms with Crippen LogP contribution in [0.4, 0.5) is 28.8 Å². The standard InChI is InChI=1S/C17H15ClN6O3/c1-2-27-13-6-4-12(5-7-13)22-16-15(24(25)26)17(21-10-20-16)23-14-8-3-11(18)9-19-14/h3-10H,2H2,1H3,(H2,19,20,21,22,23).